The molecule has 0 rings (SSSR count). The summed E-state index contributed by atoms with van der Waals surface area (Å²) in [5, 5.41) is 2.81. The van der Waals surface area contributed by atoms with Gasteiger partial charge in [0.05, 0.1) is 13.2 Å². The number of carbonyl (C=O) groups is 2. The topological polar surface area (TPSA) is 120 Å². The van der Waals surface area contributed by atoms with Crippen molar-refractivity contribution < 1.29 is 37.6 Å². The Morgan fingerprint density at radius 2 is 1.06 bits per heavy atom. The van der Waals surface area contributed by atoms with Gasteiger partial charge in [0.2, 0.25) is 0 Å². The molecule has 0 saturated heterocycles. The first-order valence-electron chi connectivity index (χ1n) is 20.9. The fourth-order valence-corrected chi connectivity index (χ4v) is 5.98. The van der Waals surface area contributed by atoms with Crippen LogP contribution in [0.2, 0.25) is 0 Å². The van der Waals surface area contributed by atoms with Crippen LogP contribution < -0.4 is 5.32 Å². The van der Waals surface area contributed by atoms with Gasteiger partial charge in [-0.25, -0.2) is 4.57 Å². The maximum absolute atomic E-state index is 12.6. The molecule has 0 amide bonds. The van der Waals surface area contributed by atoms with Crippen LogP contribution in [-0.4, -0.2) is 56.3 Å². The molecular formula is C44H76NO8P. The molecule has 54 heavy (non-hydrogen) atoms. The number of likely N-dealkylation sites (N-methyl/N-ethyl adjacent to an activating group) is 1. The molecule has 0 aliphatic heterocycles. The normalized spacial score (nSPS) is 14.1. The van der Waals surface area contributed by atoms with E-state index in [1.165, 1.54) is 64.2 Å². The molecule has 0 aromatic rings. The Labute approximate surface area is 329 Å². The van der Waals surface area contributed by atoms with Gasteiger partial charge in [-0.15, -0.1) is 0 Å². The van der Waals surface area contributed by atoms with Crippen LogP contribution in [0.4, 0.5) is 0 Å². The fraction of sp³-hybridized carbons (Fsp3) is 0.682. The summed E-state index contributed by atoms with van der Waals surface area (Å²) in [5.74, 6) is -0.908. The quantitative estimate of drug-likeness (QED) is 0.0273. The van der Waals surface area contributed by atoms with Gasteiger partial charge in [-0.1, -0.05) is 164 Å². The second-order valence-corrected chi connectivity index (χ2v) is 14.9. The van der Waals surface area contributed by atoms with Crippen molar-refractivity contribution in [2.24, 2.45) is 0 Å². The van der Waals surface area contributed by atoms with E-state index >= 15 is 0 Å². The zero-order valence-corrected chi connectivity index (χ0v) is 35.0. The summed E-state index contributed by atoms with van der Waals surface area (Å²) >= 11 is 0. The minimum atomic E-state index is -4.37. The van der Waals surface area contributed by atoms with Crippen molar-refractivity contribution in [1.29, 1.82) is 0 Å². The third-order valence-corrected chi connectivity index (χ3v) is 9.34. The van der Waals surface area contributed by atoms with Crippen LogP contribution in [0.5, 0.6) is 0 Å². The smallest absolute Gasteiger partial charge is 0.462 e. The van der Waals surface area contributed by atoms with E-state index in [0.29, 0.717) is 13.0 Å². The Bertz CT molecular complexity index is 1110. The van der Waals surface area contributed by atoms with E-state index in [0.717, 1.165) is 57.8 Å². The van der Waals surface area contributed by atoms with E-state index in [9.17, 15) is 19.0 Å². The second kappa shape index (κ2) is 40.1. The van der Waals surface area contributed by atoms with Gasteiger partial charge in [0.25, 0.3) is 0 Å². The molecule has 0 fully saturated rings. The number of rotatable bonds is 38. The zero-order chi connectivity index (χ0) is 39.6. The molecule has 9 nitrogen and oxygen atoms in total. The molecule has 0 aromatic heterocycles. The molecule has 2 atom stereocenters. The molecule has 2 N–H and O–H groups in total. The standard InChI is InChI=1S/C44H76NO8P/c1-4-6-8-10-12-14-16-18-19-20-21-22-23-25-27-29-31-33-35-37-44(47)53-42(41-52-54(48,49)51-39-38-45-3)40-50-43(46)36-34-32-30-28-26-24-17-15-13-11-9-7-5-2/h6,8,12,14,18-19,21-22,25,27,31,33,42,45H,4-5,7,9-11,13,15-17,20,23-24,26,28-30,32,34-41H2,1-3H3,(H,48,49)/b8-6-,14-12-,19-18-,22-21-,27-25-,33-31-. The van der Waals surface area contributed by atoms with Crippen molar-refractivity contribution in [2.75, 3.05) is 33.4 Å². The Balaban J connectivity index is 4.39. The minimum absolute atomic E-state index is 0.0329. The highest BCUT2D eigenvalue weighted by atomic mass is 31.2. The maximum atomic E-state index is 12.6. The molecule has 0 radical (unpaired) electrons. The average molecular weight is 778 g/mol. The van der Waals surface area contributed by atoms with Gasteiger partial charge in [0.1, 0.15) is 6.61 Å². The van der Waals surface area contributed by atoms with Crippen molar-refractivity contribution in [2.45, 2.75) is 161 Å². The summed E-state index contributed by atoms with van der Waals surface area (Å²) in [5.41, 5.74) is 0. The molecule has 0 bridgehead atoms. The Hall–Kier alpha value is -2.55. The summed E-state index contributed by atoms with van der Waals surface area (Å²) in [6.45, 7) is 4.01. The molecule has 0 spiro atoms. The van der Waals surface area contributed by atoms with Gasteiger partial charge in [-0.2, -0.15) is 0 Å². The number of phosphoric ester groups is 1. The largest absolute Gasteiger partial charge is 0.472 e. The molecule has 10 heteroatoms. The average Bonchev–Trinajstić information content (AvgIpc) is 3.15. The van der Waals surface area contributed by atoms with E-state index in [4.69, 9.17) is 18.5 Å². The van der Waals surface area contributed by atoms with Gasteiger partial charge in [-0.3, -0.25) is 18.6 Å². The number of allylic oxidation sites excluding steroid dienone is 12. The van der Waals surface area contributed by atoms with Crippen LogP contribution in [0.25, 0.3) is 0 Å². The number of carbonyl (C=O) groups excluding carboxylic acids is 2. The highest BCUT2D eigenvalue weighted by molar-refractivity contribution is 7.47. The fourth-order valence-electron chi connectivity index (χ4n) is 5.22. The molecule has 0 heterocycles. The van der Waals surface area contributed by atoms with Crippen LogP contribution in [-0.2, 0) is 32.7 Å². The number of phosphoric acid groups is 1. The first kappa shape index (κ1) is 51.5. The lowest BCUT2D eigenvalue weighted by molar-refractivity contribution is -0.161. The van der Waals surface area contributed by atoms with Crippen LogP contribution in [0.3, 0.4) is 0 Å². The van der Waals surface area contributed by atoms with Crippen molar-refractivity contribution in [3.8, 4) is 0 Å². The summed E-state index contributed by atoms with van der Waals surface area (Å²) < 4.78 is 33.0. The van der Waals surface area contributed by atoms with E-state index in [1.54, 1.807) is 7.05 Å². The van der Waals surface area contributed by atoms with Crippen molar-refractivity contribution in [3.05, 3.63) is 72.9 Å². The summed E-state index contributed by atoms with van der Waals surface area (Å²) in [4.78, 5) is 35.0. The molecule has 0 aromatic carbocycles. The first-order chi connectivity index (χ1) is 26.3. The van der Waals surface area contributed by atoms with Gasteiger partial charge in [0.15, 0.2) is 6.10 Å². The third kappa shape index (κ3) is 39.2. The zero-order valence-electron chi connectivity index (χ0n) is 34.1. The van der Waals surface area contributed by atoms with Crippen molar-refractivity contribution in [3.63, 3.8) is 0 Å². The van der Waals surface area contributed by atoms with E-state index in [1.807, 2.05) is 12.2 Å². The number of esters is 2. The van der Waals surface area contributed by atoms with Crippen LogP contribution >= 0.6 is 7.82 Å². The minimum Gasteiger partial charge on any atom is -0.462 e. The Kier molecular flexibility index (Phi) is 38.2. The second-order valence-electron chi connectivity index (χ2n) is 13.4. The van der Waals surface area contributed by atoms with Crippen LogP contribution in [0.1, 0.15) is 155 Å². The van der Waals surface area contributed by atoms with E-state index in [2.05, 4.69) is 79.9 Å². The predicted octanol–water partition coefficient (Wildman–Crippen LogP) is 11.8. The predicted molar refractivity (Wildman–Crippen MR) is 224 cm³/mol. The molecule has 0 aliphatic carbocycles. The highest BCUT2D eigenvalue weighted by Crippen LogP contribution is 2.43. The molecule has 310 valence electrons. The Morgan fingerprint density at radius 1 is 0.593 bits per heavy atom. The van der Waals surface area contributed by atoms with Crippen molar-refractivity contribution in [1.82, 2.24) is 5.32 Å². The SMILES string of the molecule is CC/C=C\C/C=C\C/C=C\C/C=C\C/C=C\C/C=C\CCC(=O)OC(COC(=O)CCCCCCCCCCCCCCC)COP(=O)(O)OCCNC. The van der Waals surface area contributed by atoms with Crippen LogP contribution in [0.15, 0.2) is 72.9 Å². The van der Waals surface area contributed by atoms with Gasteiger partial charge in [0, 0.05) is 19.4 Å². The first-order valence-corrected chi connectivity index (χ1v) is 22.4. The van der Waals surface area contributed by atoms with Gasteiger partial charge < -0.3 is 19.7 Å². The summed E-state index contributed by atoms with van der Waals surface area (Å²) in [6.07, 6.45) is 46.7. The number of unbranched alkanes of at least 4 members (excludes halogenated alkanes) is 12. The number of hydrogen-bond acceptors (Lipinski definition) is 8. The van der Waals surface area contributed by atoms with Gasteiger partial charge >= 0.3 is 19.8 Å². The summed E-state index contributed by atoms with van der Waals surface area (Å²) in [6, 6.07) is 0. The maximum Gasteiger partial charge on any atom is 0.472 e. The van der Waals surface area contributed by atoms with Crippen molar-refractivity contribution >= 4 is 19.8 Å². The number of ether oxygens (including phenoxy) is 2. The number of hydrogen-bond donors (Lipinski definition) is 2. The van der Waals surface area contributed by atoms with Crippen LogP contribution in [0, 0.1) is 0 Å². The summed E-state index contributed by atoms with van der Waals surface area (Å²) in [7, 11) is -2.68. The number of nitrogens with one attached hydrogen (secondary N) is 1. The molecule has 0 aliphatic rings. The monoisotopic (exact) mass is 778 g/mol. The molecule has 2 unspecified atom stereocenters. The molecule has 0 saturated carbocycles. The molecular weight excluding hydrogens is 701 g/mol. The Morgan fingerprint density at radius 3 is 1.54 bits per heavy atom. The highest BCUT2D eigenvalue weighted by Gasteiger charge is 2.26. The lowest BCUT2D eigenvalue weighted by Gasteiger charge is -2.19. The lowest BCUT2D eigenvalue weighted by Crippen LogP contribution is -2.29. The van der Waals surface area contributed by atoms with E-state index < -0.39 is 32.5 Å². The van der Waals surface area contributed by atoms with E-state index in [-0.39, 0.29) is 26.1 Å². The third-order valence-electron chi connectivity index (χ3n) is 8.35. The van der Waals surface area contributed by atoms with Gasteiger partial charge in [-0.05, 0) is 58.4 Å². The lowest BCUT2D eigenvalue weighted by atomic mass is 10.0.